The van der Waals surface area contributed by atoms with E-state index in [1.54, 1.807) is 31.3 Å². The molecule has 0 radical (unpaired) electrons. The molecule has 0 saturated carbocycles. The predicted octanol–water partition coefficient (Wildman–Crippen LogP) is 2.69. The number of halogens is 1. The molecule has 0 bridgehead atoms. The number of aryl methyl sites for hydroxylation is 1. The molecule has 1 amide bonds. The van der Waals surface area contributed by atoms with Crippen molar-refractivity contribution in [1.82, 2.24) is 20.2 Å². The number of nitro benzene ring substituents is 1. The van der Waals surface area contributed by atoms with E-state index in [0.29, 0.717) is 17.1 Å². The normalized spacial score (nSPS) is 10.5. The van der Waals surface area contributed by atoms with E-state index in [2.05, 4.69) is 20.8 Å². The average Bonchev–Trinajstić information content (AvgIpc) is 3.01. The summed E-state index contributed by atoms with van der Waals surface area (Å²) in [5, 5.41) is 24.8. The summed E-state index contributed by atoms with van der Waals surface area (Å²) in [7, 11) is 1.70. The first-order valence-electron chi connectivity index (χ1n) is 7.04. The summed E-state index contributed by atoms with van der Waals surface area (Å²) in [6.07, 6.45) is 0. The summed E-state index contributed by atoms with van der Waals surface area (Å²) in [6, 6.07) is 10.8. The van der Waals surface area contributed by atoms with Crippen LogP contribution in [-0.2, 0) is 7.05 Å². The molecular weight excluding hydrogens is 348 g/mol. The van der Waals surface area contributed by atoms with Gasteiger partial charge in [-0.1, -0.05) is 23.7 Å². The van der Waals surface area contributed by atoms with Crippen LogP contribution in [0.3, 0.4) is 0 Å². The Morgan fingerprint density at radius 3 is 2.76 bits per heavy atom. The molecule has 1 heterocycles. The van der Waals surface area contributed by atoms with Crippen molar-refractivity contribution in [1.29, 1.82) is 0 Å². The standard InChI is InChI=1S/C15H11ClN6O3/c1-21-14(18-19-20-21)9-3-2-4-11(7-9)17-15(23)10-5-6-12(16)13(8-10)22(24)25/h2-8H,1H3,(H,17,23). The lowest BCUT2D eigenvalue weighted by molar-refractivity contribution is -0.384. The zero-order chi connectivity index (χ0) is 18.0. The topological polar surface area (TPSA) is 116 Å². The quantitative estimate of drug-likeness (QED) is 0.566. The predicted molar refractivity (Wildman–Crippen MR) is 90.3 cm³/mol. The van der Waals surface area contributed by atoms with Crippen LogP contribution in [0.4, 0.5) is 11.4 Å². The van der Waals surface area contributed by atoms with Crippen LogP contribution in [0.5, 0.6) is 0 Å². The fourth-order valence-corrected chi connectivity index (χ4v) is 2.39. The molecule has 1 N–H and O–H groups in total. The number of nitrogens with zero attached hydrogens (tertiary/aromatic N) is 5. The van der Waals surface area contributed by atoms with Gasteiger partial charge in [-0.25, -0.2) is 4.68 Å². The minimum atomic E-state index is -0.638. The molecule has 0 spiro atoms. The van der Waals surface area contributed by atoms with E-state index >= 15 is 0 Å². The minimum Gasteiger partial charge on any atom is -0.322 e. The summed E-state index contributed by atoms with van der Waals surface area (Å²) in [5.74, 6) is 0.0474. The van der Waals surface area contributed by atoms with Crippen molar-refractivity contribution in [2.24, 2.45) is 7.05 Å². The van der Waals surface area contributed by atoms with E-state index in [9.17, 15) is 14.9 Å². The van der Waals surface area contributed by atoms with Crippen molar-refractivity contribution >= 4 is 28.9 Å². The number of aromatic nitrogens is 4. The van der Waals surface area contributed by atoms with Gasteiger partial charge in [-0.3, -0.25) is 14.9 Å². The van der Waals surface area contributed by atoms with Crippen LogP contribution >= 0.6 is 11.6 Å². The molecular formula is C15H11ClN6O3. The Labute approximate surface area is 146 Å². The Balaban J connectivity index is 1.86. The number of hydrogen-bond donors (Lipinski definition) is 1. The lowest BCUT2D eigenvalue weighted by atomic mass is 10.1. The number of nitrogens with one attached hydrogen (secondary N) is 1. The number of hydrogen-bond acceptors (Lipinski definition) is 6. The first kappa shape index (κ1) is 16.5. The van der Waals surface area contributed by atoms with Crippen molar-refractivity contribution < 1.29 is 9.72 Å². The van der Waals surface area contributed by atoms with Gasteiger partial charge in [-0.15, -0.1) is 5.10 Å². The van der Waals surface area contributed by atoms with Gasteiger partial charge < -0.3 is 5.32 Å². The number of carbonyl (C=O) groups is 1. The molecule has 1 aromatic heterocycles. The summed E-state index contributed by atoms with van der Waals surface area (Å²) in [5.41, 5.74) is 1.02. The smallest absolute Gasteiger partial charge is 0.288 e. The van der Waals surface area contributed by atoms with Crippen LogP contribution in [-0.4, -0.2) is 31.0 Å². The summed E-state index contributed by atoms with van der Waals surface area (Å²) in [6.45, 7) is 0. The lowest BCUT2D eigenvalue weighted by Crippen LogP contribution is -2.12. The molecule has 0 unspecified atom stereocenters. The minimum absolute atomic E-state index is 0.0293. The number of nitro groups is 1. The molecule has 0 aliphatic rings. The maximum atomic E-state index is 12.3. The van der Waals surface area contributed by atoms with E-state index in [4.69, 9.17) is 11.6 Å². The van der Waals surface area contributed by atoms with Crippen molar-refractivity contribution in [3.63, 3.8) is 0 Å². The Morgan fingerprint density at radius 2 is 2.08 bits per heavy atom. The highest BCUT2D eigenvalue weighted by atomic mass is 35.5. The maximum Gasteiger partial charge on any atom is 0.288 e. The second-order valence-corrected chi connectivity index (χ2v) is 5.49. The zero-order valence-corrected chi connectivity index (χ0v) is 13.6. The highest BCUT2D eigenvalue weighted by Crippen LogP contribution is 2.26. The average molecular weight is 359 g/mol. The molecule has 0 fully saturated rings. The molecule has 9 nitrogen and oxygen atoms in total. The van der Waals surface area contributed by atoms with Crippen molar-refractivity contribution in [3.05, 3.63) is 63.2 Å². The van der Waals surface area contributed by atoms with E-state index in [1.807, 2.05) is 0 Å². The number of amides is 1. The molecule has 3 aromatic rings. The molecule has 10 heteroatoms. The number of rotatable bonds is 4. The van der Waals surface area contributed by atoms with E-state index in [0.717, 1.165) is 6.07 Å². The van der Waals surface area contributed by atoms with Gasteiger partial charge >= 0.3 is 0 Å². The first-order chi connectivity index (χ1) is 12.0. The second-order valence-electron chi connectivity index (χ2n) is 5.08. The monoisotopic (exact) mass is 358 g/mol. The Bertz CT molecular complexity index is 971. The van der Waals surface area contributed by atoms with E-state index in [1.165, 1.54) is 16.8 Å². The van der Waals surface area contributed by atoms with Crippen LogP contribution in [0, 0.1) is 10.1 Å². The number of benzene rings is 2. The number of carbonyl (C=O) groups excluding carboxylic acids is 1. The fourth-order valence-electron chi connectivity index (χ4n) is 2.21. The number of tetrazole rings is 1. The third-order valence-corrected chi connectivity index (χ3v) is 3.72. The van der Waals surface area contributed by atoms with E-state index < -0.39 is 10.8 Å². The highest BCUT2D eigenvalue weighted by molar-refractivity contribution is 6.32. The molecule has 2 aromatic carbocycles. The van der Waals surface area contributed by atoms with Gasteiger partial charge in [-0.05, 0) is 34.7 Å². The third kappa shape index (κ3) is 3.45. The molecule has 0 atom stereocenters. The van der Waals surface area contributed by atoms with E-state index in [-0.39, 0.29) is 16.3 Å². The van der Waals surface area contributed by atoms with Gasteiger partial charge in [-0.2, -0.15) is 0 Å². The van der Waals surface area contributed by atoms with Crippen LogP contribution in [0.1, 0.15) is 10.4 Å². The largest absolute Gasteiger partial charge is 0.322 e. The maximum absolute atomic E-state index is 12.3. The van der Waals surface area contributed by atoms with Crippen molar-refractivity contribution in [2.45, 2.75) is 0 Å². The lowest BCUT2D eigenvalue weighted by Gasteiger charge is -2.07. The van der Waals surface area contributed by atoms with Crippen LogP contribution < -0.4 is 5.32 Å². The van der Waals surface area contributed by atoms with Gasteiger partial charge in [0, 0.05) is 29.9 Å². The van der Waals surface area contributed by atoms with Crippen molar-refractivity contribution in [2.75, 3.05) is 5.32 Å². The Hall–Kier alpha value is -3.33. The van der Waals surface area contributed by atoms with Crippen molar-refractivity contribution in [3.8, 4) is 11.4 Å². The first-order valence-corrected chi connectivity index (χ1v) is 7.41. The van der Waals surface area contributed by atoms with Gasteiger partial charge in [0.1, 0.15) is 5.02 Å². The summed E-state index contributed by atoms with van der Waals surface area (Å²) in [4.78, 5) is 22.6. The summed E-state index contributed by atoms with van der Waals surface area (Å²) >= 11 is 5.75. The Kier molecular flexibility index (Phi) is 4.40. The van der Waals surface area contributed by atoms with Crippen LogP contribution in [0.2, 0.25) is 5.02 Å². The molecule has 0 aliphatic heterocycles. The molecule has 0 aliphatic carbocycles. The van der Waals surface area contributed by atoms with Crippen LogP contribution in [0.25, 0.3) is 11.4 Å². The van der Waals surface area contributed by atoms with Crippen LogP contribution in [0.15, 0.2) is 42.5 Å². The number of anilines is 1. The third-order valence-electron chi connectivity index (χ3n) is 3.40. The molecule has 0 saturated heterocycles. The zero-order valence-electron chi connectivity index (χ0n) is 12.9. The highest BCUT2D eigenvalue weighted by Gasteiger charge is 2.16. The molecule has 126 valence electrons. The van der Waals surface area contributed by atoms with Gasteiger partial charge in [0.2, 0.25) is 0 Å². The Morgan fingerprint density at radius 1 is 1.28 bits per heavy atom. The second kappa shape index (κ2) is 6.65. The molecule has 3 rings (SSSR count). The fraction of sp³-hybridized carbons (Fsp3) is 0.0667. The summed E-state index contributed by atoms with van der Waals surface area (Å²) < 4.78 is 1.50. The molecule has 25 heavy (non-hydrogen) atoms. The van der Waals surface area contributed by atoms with Gasteiger partial charge in [0.25, 0.3) is 11.6 Å². The van der Waals surface area contributed by atoms with Gasteiger partial charge in [0.05, 0.1) is 4.92 Å². The SMILES string of the molecule is Cn1nnnc1-c1cccc(NC(=O)c2ccc(Cl)c([N+](=O)[O-])c2)c1. The van der Waals surface area contributed by atoms with Gasteiger partial charge in [0.15, 0.2) is 5.82 Å².